The Morgan fingerprint density at radius 2 is 0.887 bits per heavy atom. The number of benzene rings is 3. The number of anilines is 3. The van der Waals surface area contributed by atoms with E-state index in [9.17, 15) is 9.59 Å². The molecule has 18 N–H and O–H groups in total. The molecule has 0 atom stereocenters. The second kappa shape index (κ2) is 19.9. The van der Waals surface area contributed by atoms with Crippen molar-refractivity contribution < 1.29 is 14.3 Å². The van der Waals surface area contributed by atoms with E-state index in [4.69, 9.17) is 49.3 Å². The highest BCUT2D eigenvalue weighted by atomic mass is 16.5. The third-order valence-electron chi connectivity index (χ3n) is 10.2. The van der Waals surface area contributed by atoms with Gasteiger partial charge in [-0.1, -0.05) is 0 Å². The summed E-state index contributed by atoms with van der Waals surface area (Å²) in [6.45, 7) is 9.61. The van der Waals surface area contributed by atoms with E-state index < -0.39 is 11.8 Å². The number of hydrogen-bond donors (Lipinski definition) is 14. The van der Waals surface area contributed by atoms with Crippen molar-refractivity contribution in [2.45, 2.75) is 47.0 Å². The number of rotatable bonds is 13. The molecule has 1 spiro atoms. The first-order chi connectivity index (χ1) is 29.4. The number of hydrogen-bond acceptors (Lipinski definition) is 12. The standard InChI is InChI=1S/C40H53N19O3/c1-21(51-55-36(41)42)25-11-26(22(2)52-56-37(43)44)15-31(14-25)49-34(60)29-13-30(19-33(18-29)59-8-5-40(20-59)6-9-62-10-7-40)35(61)50-32-16-27(23(3)53-57-38(45)46)12-28(17-32)24(4)54-58-39(47)48/h11-19H,5-10,20H2,1-4H3,(H,49,60)(H,50,61)(H4,41,42,55)(H4,43,44,56)(H4,45,46,57)(H4,47,48,58)/b51-21-,52-22-,53-23-,54-24+. The minimum atomic E-state index is -0.504. The zero-order valence-corrected chi connectivity index (χ0v) is 34.9. The number of carbonyl (C=O) groups is 2. The van der Waals surface area contributed by atoms with Gasteiger partial charge >= 0.3 is 0 Å². The minimum Gasteiger partial charge on any atom is -0.381 e. The van der Waals surface area contributed by atoms with Gasteiger partial charge in [0.15, 0.2) is 0 Å². The number of guanidine groups is 4. The predicted molar refractivity (Wildman–Crippen MR) is 244 cm³/mol. The van der Waals surface area contributed by atoms with E-state index >= 15 is 0 Å². The van der Waals surface area contributed by atoms with Crippen molar-refractivity contribution in [1.29, 1.82) is 21.6 Å². The van der Waals surface area contributed by atoms with Crippen molar-refractivity contribution in [3.63, 3.8) is 0 Å². The number of nitrogens with two attached hydrogens (primary N) is 4. The van der Waals surface area contributed by atoms with Crippen molar-refractivity contribution in [3.05, 3.63) is 88.0 Å². The van der Waals surface area contributed by atoms with Crippen LogP contribution in [-0.2, 0) is 4.74 Å². The highest BCUT2D eigenvalue weighted by Crippen LogP contribution is 2.41. The van der Waals surface area contributed by atoms with Crippen molar-refractivity contribution in [2.24, 2.45) is 48.8 Å². The number of hydrazone groups is 4. The lowest BCUT2D eigenvalue weighted by molar-refractivity contribution is 0.0254. The second-order valence-electron chi connectivity index (χ2n) is 14.9. The highest BCUT2D eigenvalue weighted by molar-refractivity contribution is 6.12. The van der Waals surface area contributed by atoms with Gasteiger partial charge in [-0.25, -0.2) is 21.7 Å². The first-order valence-electron chi connectivity index (χ1n) is 19.4. The molecule has 0 saturated carbocycles. The Hall–Kier alpha value is -7.88. The summed E-state index contributed by atoms with van der Waals surface area (Å²) in [5.74, 6) is -2.44. The van der Waals surface area contributed by atoms with E-state index in [0.29, 0.717) is 75.4 Å². The molecule has 2 saturated heterocycles. The number of nitrogens with one attached hydrogen (secondary N) is 10. The van der Waals surface area contributed by atoms with Gasteiger partial charge in [0, 0.05) is 76.7 Å². The van der Waals surface area contributed by atoms with Gasteiger partial charge in [-0.3, -0.25) is 31.2 Å². The number of ether oxygens (including phenoxy) is 1. The monoisotopic (exact) mass is 847 g/mol. The molecule has 62 heavy (non-hydrogen) atoms. The Kier molecular flexibility index (Phi) is 14.5. The summed E-state index contributed by atoms with van der Waals surface area (Å²) in [5.41, 5.74) is 37.5. The quantitative estimate of drug-likeness (QED) is 0.0668. The largest absolute Gasteiger partial charge is 0.381 e. The molecule has 22 heteroatoms. The molecule has 0 aliphatic carbocycles. The minimum absolute atomic E-state index is 0.0628. The topological polar surface area (TPSA) is 368 Å². The molecule has 3 aromatic rings. The summed E-state index contributed by atoms with van der Waals surface area (Å²) < 4.78 is 5.67. The average Bonchev–Trinajstić information content (AvgIpc) is 3.65. The fourth-order valence-electron chi connectivity index (χ4n) is 6.90. The summed E-state index contributed by atoms with van der Waals surface area (Å²) in [6, 6.07) is 15.4. The Balaban J connectivity index is 1.55. The van der Waals surface area contributed by atoms with E-state index in [1.165, 1.54) is 6.07 Å². The van der Waals surface area contributed by atoms with Crippen molar-refractivity contribution in [2.75, 3.05) is 41.8 Å². The van der Waals surface area contributed by atoms with Gasteiger partial charge in [-0.05, 0) is 107 Å². The summed E-state index contributed by atoms with van der Waals surface area (Å²) in [7, 11) is 0. The lowest BCUT2D eigenvalue weighted by atomic mass is 9.80. The molecule has 0 aromatic heterocycles. The molecule has 2 aliphatic heterocycles. The Morgan fingerprint density at radius 3 is 1.23 bits per heavy atom. The zero-order chi connectivity index (χ0) is 45.1. The highest BCUT2D eigenvalue weighted by Gasteiger charge is 2.39. The summed E-state index contributed by atoms with van der Waals surface area (Å²) >= 11 is 0. The van der Waals surface area contributed by atoms with E-state index in [1.807, 2.05) is 0 Å². The smallest absolute Gasteiger partial charge is 0.255 e. The molecule has 2 aliphatic rings. The van der Waals surface area contributed by atoms with Gasteiger partial charge < -0.3 is 43.2 Å². The van der Waals surface area contributed by atoms with Crippen LogP contribution in [0.4, 0.5) is 17.1 Å². The van der Waals surface area contributed by atoms with E-state index in [0.717, 1.165) is 32.4 Å². The van der Waals surface area contributed by atoms with Gasteiger partial charge in [-0.2, -0.15) is 20.4 Å². The fraction of sp³-hybridized carbons (Fsp3) is 0.300. The van der Waals surface area contributed by atoms with Crippen LogP contribution in [0.5, 0.6) is 0 Å². The molecule has 5 rings (SSSR count). The maximum absolute atomic E-state index is 14.3. The van der Waals surface area contributed by atoms with Crippen LogP contribution in [0.3, 0.4) is 0 Å². The Morgan fingerprint density at radius 1 is 0.548 bits per heavy atom. The van der Waals surface area contributed by atoms with Crippen LogP contribution in [0.15, 0.2) is 75.0 Å². The molecule has 0 radical (unpaired) electrons. The molecule has 0 bridgehead atoms. The molecule has 3 aromatic carbocycles. The summed E-state index contributed by atoms with van der Waals surface area (Å²) in [5, 5.41) is 52.6. The molecule has 2 fully saturated rings. The molecular formula is C40H53N19O3. The third-order valence-corrected chi connectivity index (χ3v) is 10.2. The van der Waals surface area contributed by atoms with Crippen LogP contribution in [0, 0.1) is 27.1 Å². The van der Waals surface area contributed by atoms with Crippen molar-refractivity contribution in [3.8, 4) is 0 Å². The molecule has 2 heterocycles. The van der Waals surface area contributed by atoms with E-state index in [1.54, 1.807) is 76.2 Å². The Labute approximate surface area is 358 Å². The molecular weight excluding hydrogens is 795 g/mol. The van der Waals surface area contributed by atoms with E-state index in [-0.39, 0.29) is 40.4 Å². The van der Waals surface area contributed by atoms with Crippen LogP contribution >= 0.6 is 0 Å². The van der Waals surface area contributed by atoms with Gasteiger partial charge in [0.1, 0.15) is 0 Å². The predicted octanol–water partition coefficient (Wildman–Crippen LogP) is 2.03. The number of nitrogens with zero attached hydrogens (tertiary/aromatic N) is 5. The third kappa shape index (κ3) is 12.3. The summed E-state index contributed by atoms with van der Waals surface area (Å²) in [6.07, 6.45) is 2.77. The Bertz CT molecular complexity index is 2150. The fourth-order valence-corrected chi connectivity index (χ4v) is 6.90. The lowest BCUT2D eigenvalue weighted by Crippen LogP contribution is -2.33. The lowest BCUT2D eigenvalue weighted by Gasteiger charge is -2.33. The van der Waals surface area contributed by atoms with Crippen LogP contribution in [0.25, 0.3) is 0 Å². The molecule has 2 amide bonds. The van der Waals surface area contributed by atoms with Crippen molar-refractivity contribution in [1.82, 2.24) is 21.7 Å². The SMILES string of the molecule is C/C(=N/NC(=N)N)c1cc(NC(=O)c2cc(C(=O)Nc3cc(/C(C)=N\NC(=N)N)cc(/C(C)=N/NC(=N)N)c3)cc(N3CCC4(CCOCC4)C3)c2)cc(/C(C)=N\NC(=N)N)c1. The maximum atomic E-state index is 14.3. The molecule has 0 unspecified atom stereocenters. The summed E-state index contributed by atoms with van der Waals surface area (Å²) in [4.78, 5) is 30.8. The molecule has 326 valence electrons. The average molecular weight is 848 g/mol. The zero-order valence-electron chi connectivity index (χ0n) is 34.9. The van der Waals surface area contributed by atoms with Gasteiger partial charge in [0.05, 0.1) is 22.8 Å². The molecule has 22 nitrogen and oxygen atoms in total. The van der Waals surface area contributed by atoms with Crippen LogP contribution < -0.4 is 60.2 Å². The maximum Gasteiger partial charge on any atom is 0.255 e. The van der Waals surface area contributed by atoms with Crippen LogP contribution in [0.2, 0.25) is 0 Å². The number of carbonyl (C=O) groups excluding carboxylic acids is 2. The normalized spacial score (nSPS) is 15.4. The second-order valence-corrected chi connectivity index (χ2v) is 14.9. The first-order valence-corrected chi connectivity index (χ1v) is 19.4. The first kappa shape index (κ1) is 45.2. The van der Waals surface area contributed by atoms with E-state index in [2.05, 4.69) is 57.6 Å². The van der Waals surface area contributed by atoms with Gasteiger partial charge in [-0.15, -0.1) is 0 Å². The van der Waals surface area contributed by atoms with Crippen LogP contribution in [-0.4, -0.2) is 84.8 Å². The van der Waals surface area contributed by atoms with Gasteiger partial charge in [0.2, 0.25) is 23.8 Å². The van der Waals surface area contributed by atoms with Crippen LogP contribution in [0.1, 0.15) is 89.9 Å². The van der Waals surface area contributed by atoms with Crippen molar-refractivity contribution >= 4 is 75.6 Å². The number of amides is 2. The van der Waals surface area contributed by atoms with Gasteiger partial charge in [0.25, 0.3) is 11.8 Å².